The Kier molecular flexibility index (Phi) is 8.45. The van der Waals surface area contributed by atoms with Gasteiger partial charge in [-0.3, -0.25) is 14.9 Å². The van der Waals surface area contributed by atoms with Crippen molar-refractivity contribution in [1.82, 2.24) is 10.2 Å². The summed E-state index contributed by atoms with van der Waals surface area (Å²) in [5.74, 6) is 0.901. The molecule has 3 rings (SSSR count). The first-order chi connectivity index (χ1) is 15.9. The molecular weight excluding hydrogens is 460 g/mol. The van der Waals surface area contributed by atoms with E-state index in [9.17, 15) is 9.59 Å². The molecule has 1 aromatic heterocycles. The van der Waals surface area contributed by atoms with Crippen molar-refractivity contribution < 1.29 is 19.1 Å². The Balaban J connectivity index is 1.50. The highest BCUT2D eigenvalue weighted by Crippen LogP contribution is 2.28. The fourth-order valence-electron chi connectivity index (χ4n) is 2.86. The largest absolute Gasteiger partial charge is 0.493 e. The van der Waals surface area contributed by atoms with Crippen molar-refractivity contribution in [1.29, 1.82) is 0 Å². The van der Waals surface area contributed by atoms with Crippen LogP contribution in [-0.4, -0.2) is 42.0 Å². The molecule has 10 heteroatoms. The number of nitrogens with zero attached hydrogens (tertiary/aromatic N) is 2. The van der Waals surface area contributed by atoms with E-state index in [0.717, 1.165) is 22.4 Å². The van der Waals surface area contributed by atoms with Crippen LogP contribution in [0.4, 0.5) is 10.8 Å². The molecule has 0 unspecified atom stereocenters. The quantitative estimate of drug-likeness (QED) is 0.261. The number of rotatable bonds is 9. The number of amides is 2. The number of ether oxygens (including phenoxy) is 2. The first-order valence-corrected chi connectivity index (χ1v) is 11.7. The summed E-state index contributed by atoms with van der Waals surface area (Å²) in [6.07, 6.45) is 3.05. The van der Waals surface area contributed by atoms with Gasteiger partial charge in [0.15, 0.2) is 15.8 Å². The van der Waals surface area contributed by atoms with Crippen molar-refractivity contribution in [3.63, 3.8) is 0 Å². The zero-order valence-electron chi connectivity index (χ0n) is 18.7. The van der Waals surface area contributed by atoms with Crippen LogP contribution in [0.5, 0.6) is 11.5 Å². The van der Waals surface area contributed by atoms with E-state index in [1.807, 2.05) is 38.1 Å². The lowest BCUT2D eigenvalue weighted by Gasteiger charge is -2.08. The predicted molar refractivity (Wildman–Crippen MR) is 132 cm³/mol. The molecule has 0 atom stereocenters. The molecule has 0 aliphatic rings. The van der Waals surface area contributed by atoms with Crippen molar-refractivity contribution in [2.75, 3.05) is 30.6 Å². The van der Waals surface area contributed by atoms with Gasteiger partial charge in [-0.05, 0) is 49.2 Å². The summed E-state index contributed by atoms with van der Waals surface area (Å²) in [6, 6.07) is 11.2. The predicted octanol–water partition coefficient (Wildman–Crippen LogP) is 4.55. The molecular formula is C23H24N4O4S2. The van der Waals surface area contributed by atoms with Crippen LogP contribution in [0.25, 0.3) is 6.08 Å². The topological polar surface area (TPSA) is 102 Å². The number of aromatic nitrogens is 2. The number of carbonyl (C=O) groups excluding carboxylic acids is 2. The lowest BCUT2D eigenvalue weighted by atomic mass is 10.1. The number of carbonyl (C=O) groups is 2. The Morgan fingerprint density at radius 1 is 1.03 bits per heavy atom. The van der Waals surface area contributed by atoms with E-state index in [4.69, 9.17) is 9.47 Å². The van der Waals surface area contributed by atoms with Crippen LogP contribution in [0.15, 0.2) is 46.8 Å². The number of aryl methyl sites for hydroxylation is 2. The number of hydrogen-bond donors (Lipinski definition) is 2. The second-order valence-corrected chi connectivity index (χ2v) is 9.17. The molecule has 0 spiro atoms. The van der Waals surface area contributed by atoms with Gasteiger partial charge in [-0.25, -0.2) is 0 Å². The van der Waals surface area contributed by atoms with Gasteiger partial charge in [-0.1, -0.05) is 46.9 Å². The zero-order valence-corrected chi connectivity index (χ0v) is 20.3. The highest BCUT2D eigenvalue weighted by atomic mass is 32.2. The van der Waals surface area contributed by atoms with E-state index in [2.05, 4.69) is 20.8 Å². The van der Waals surface area contributed by atoms with E-state index in [1.54, 1.807) is 32.4 Å². The van der Waals surface area contributed by atoms with Crippen LogP contribution in [0, 0.1) is 13.8 Å². The number of methoxy groups -OCH3 is 2. The number of hydrogen-bond acceptors (Lipinski definition) is 8. The molecule has 0 aliphatic heterocycles. The van der Waals surface area contributed by atoms with Gasteiger partial charge in [0.2, 0.25) is 16.9 Å². The monoisotopic (exact) mass is 484 g/mol. The van der Waals surface area contributed by atoms with E-state index < -0.39 is 0 Å². The Hall–Kier alpha value is -3.37. The summed E-state index contributed by atoms with van der Waals surface area (Å²) in [7, 11) is 3.11. The Morgan fingerprint density at radius 3 is 2.55 bits per heavy atom. The van der Waals surface area contributed by atoms with Gasteiger partial charge < -0.3 is 14.8 Å². The van der Waals surface area contributed by atoms with Gasteiger partial charge in [-0.2, -0.15) is 0 Å². The molecule has 33 heavy (non-hydrogen) atoms. The summed E-state index contributed by atoms with van der Waals surface area (Å²) >= 11 is 2.47. The maximum Gasteiger partial charge on any atom is 0.250 e. The van der Waals surface area contributed by atoms with Gasteiger partial charge >= 0.3 is 0 Å². The van der Waals surface area contributed by atoms with Gasteiger partial charge in [0.1, 0.15) is 0 Å². The minimum Gasteiger partial charge on any atom is -0.493 e. The third-order valence-corrected chi connectivity index (χ3v) is 6.43. The Morgan fingerprint density at radius 2 is 1.82 bits per heavy atom. The number of nitrogens with one attached hydrogen (secondary N) is 2. The molecule has 0 fully saturated rings. The van der Waals surface area contributed by atoms with E-state index in [1.165, 1.54) is 29.2 Å². The Bertz CT molecular complexity index is 1180. The van der Waals surface area contributed by atoms with Crippen molar-refractivity contribution in [2.45, 2.75) is 18.2 Å². The highest BCUT2D eigenvalue weighted by Gasteiger charge is 2.11. The molecule has 8 nitrogen and oxygen atoms in total. The van der Waals surface area contributed by atoms with Crippen LogP contribution in [0.3, 0.4) is 0 Å². The molecule has 0 saturated heterocycles. The molecule has 0 radical (unpaired) electrons. The minimum atomic E-state index is -0.343. The van der Waals surface area contributed by atoms with Crippen LogP contribution in [-0.2, 0) is 9.59 Å². The highest BCUT2D eigenvalue weighted by molar-refractivity contribution is 8.01. The summed E-state index contributed by atoms with van der Waals surface area (Å²) in [6.45, 7) is 3.96. The first kappa shape index (κ1) is 24.3. The molecule has 172 valence electrons. The van der Waals surface area contributed by atoms with Crippen LogP contribution in [0.1, 0.15) is 16.7 Å². The molecule has 0 aliphatic carbocycles. The maximum atomic E-state index is 12.2. The standard InChI is InChI=1S/C23H24N4O4S2/c1-14-5-8-17(15(2)11-14)24-21(29)13-32-23-27-26-22(33-23)25-20(28)10-7-16-6-9-18(30-3)19(12-16)31-4/h5-12H,13H2,1-4H3,(H,24,29)(H,25,26,28)/b10-7+. The van der Waals surface area contributed by atoms with Gasteiger partial charge in [0.25, 0.3) is 0 Å². The third kappa shape index (κ3) is 7.06. The summed E-state index contributed by atoms with van der Waals surface area (Å²) in [5.41, 5.74) is 3.72. The van der Waals surface area contributed by atoms with Crippen LogP contribution < -0.4 is 20.1 Å². The smallest absolute Gasteiger partial charge is 0.250 e. The lowest BCUT2D eigenvalue weighted by molar-refractivity contribution is -0.114. The van der Waals surface area contributed by atoms with Gasteiger partial charge in [0.05, 0.1) is 20.0 Å². The normalized spacial score (nSPS) is 10.8. The fourth-order valence-corrected chi connectivity index (χ4v) is 4.42. The average molecular weight is 485 g/mol. The number of anilines is 2. The summed E-state index contributed by atoms with van der Waals surface area (Å²) in [5, 5.41) is 13.9. The zero-order chi connectivity index (χ0) is 23.8. The van der Waals surface area contributed by atoms with E-state index in [-0.39, 0.29) is 17.6 Å². The number of benzene rings is 2. The maximum absolute atomic E-state index is 12.2. The second-order valence-electron chi connectivity index (χ2n) is 6.97. The molecule has 2 N–H and O–H groups in total. The molecule has 2 amide bonds. The third-order valence-electron chi connectivity index (χ3n) is 4.45. The van der Waals surface area contributed by atoms with E-state index in [0.29, 0.717) is 21.0 Å². The Labute approximate surface area is 200 Å². The van der Waals surface area contributed by atoms with E-state index >= 15 is 0 Å². The van der Waals surface area contributed by atoms with Crippen LogP contribution in [0.2, 0.25) is 0 Å². The van der Waals surface area contributed by atoms with Crippen molar-refractivity contribution in [3.05, 3.63) is 59.2 Å². The lowest BCUT2D eigenvalue weighted by Crippen LogP contribution is -2.14. The molecule has 3 aromatic rings. The minimum absolute atomic E-state index is 0.134. The van der Waals surface area contributed by atoms with Crippen molar-refractivity contribution in [2.24, 2.45) is 0 Å². The molecule has 0 bridgehead atoms. The SMILES string of the molecule is COc1ccc(/C=C/C(=O)Nc2nnc(SCC(=O)Nc3ccc(C)cc3C)s2)cc1OC. The van der Waals surface area contributed by atoms with Gasteiger partial charge in [-0.15, -0.1) is 10.2 Å². The molecule has 0 saturated carbocycles. The fraction of sp³-hybridized carbons (Fsp3) is 0.217. The number of thioether (sulfide) groups is 1. The summed E-state index contributed by atoms with van der Waals surface area (Å²) in [4.78, 5) is 24.5. The molecule has 2 aromatic carbocycles. The van der Waals surface area contributed by atoms with Gasteiger partial charge in [0, 0.05) is 11.8 Å². The van der Waals surface area contributed by atoms with Crippen molar-refractivity contribution >= 4 is 51.8 Å². The second kappa shape index (κ2) is 11.5. The first-order valence-electron chi connectivity index (χ1n) is 9.92. The summed E-state index contributed by atoms with van der Waals surface area (Å²) < 4.78 is 11.0. The van der Waals surface area contributed by atoms with Crippen molar-refractivity contribution in [3.8, 4) is 11.5 Å². The van der Waals surface area contributed by atoms with Crippen LogP contribution >= 0.6 is 23.1 Å². The molecule has 1 heterocycles. The average Bonchev–Trinajstić information content (AvgIpc) is 3.25.